The highest BCUT2D eigenvalue weighted by molar-refractivity contribution is 6.30. The number of carbonyl (C=O) groups is 1. The third kappa shape index (κ3) is 3.21. The molecule has 1 aromatic rings. The summed E-state index contributed by atoms with van der Waals surface area (Å²) in [4.78, 5) is 12.0. The van der Waals surface area contributed by atoms with Gasteiger partial charge in [-0.2, -0.15) is 0 Å². The molecule has 1 aliphatic rings. The van der Waals surface area contributed by atoms with Gasteiger partial charge in [0.05, 0.1) is 0 Å². The first-order valence-corrected chi connectivity index (χ1v) is 5.98. The van der Waals surface area contributed by atoms with Gasteiger partial charge < -0.3 is 5.32 Å². The van der Waals surface area contributed by atoms with Crippen molar-refractivity contribution in [2.24, 2.45) is 0 Å². The lowest BCUT2D eigenvalue weighted by atomic mass is 10.0. The molecule has 1 aromatic carbocycles. The Morgan fingerprint density at radius 1 is 1.35 bits per heavy atom. The van der Waals surface area contributed by atoms with Gasteiger partial charge in [0.25, 0.3) is 5.91 Å². The molecule has 0 heterocycles. The maximum atomic E-state index is 12.0. The predicted octanol–water partition coefficient (Wildman–Crippen LogP) is 3.19. The molecular weight excluding hydrogens is 234 g/mol. The van der Waals surface area contributed by atoms with Crippen molar-refractivity contribution in [3.63, 3.8) is 0 Å². The molecule has 1 aliphatic carbocycles. The van der Waals surface area contributed by atoms with E-state index in [1.54, 1.807) is 24.3 Å². The van der Waals surface area contributed by atoms with E-state index in [4.69, 9.17) is 11.6 Å². The lowest BCUT2D eigenvalue weighted by Crippen LogP contribution is -2.26. The SMILES string of the molecule is C=C/C=C(/C(=O)NC1CC1)c1ccc(Cl)cc1. The molecule has 3 heteroatoms. The molecule has 0 unspecified atom stereocenters. The van der Waals surface area contributed by atoms with E-state index >= 15 is 0 Å². The quantitative estimate of drug-likeness (QED) is 0.643. The van der Waals surface area contributed by atoms with Crippen LogP contribution in [-0.2, 0) is 4.79 Å². The van der Waals surface area contributed by atoms with Crippen molar-refractivity contribution in [1.82, 2.24) is 5.32 Å². The van der Waals surface area contributed by atoms with Crippen LogP contribution in [0.3, 0.4) is 0 Å². The van der Waals surface area contributed by atoms with Crippen LogP contribution in [0.1, 0.15) is 18.4 Å². The Bertz CT molecular complexity index is 458. The summed E-state index contributed by atoms with van der Waals surface area (Å²) in [5.74, 6) is -0.0466. The molecule has 0 aromatic heterocycles. The molecule has 88 valence electrons. The van der Waals surface area contributed by atoms with Crippen LogP contribution in [0.5, 0.6) is 0 Å². The molecule has 1 N–H and O–H groups in total. The molecule has 2 rings (SSSR count). The van der Waals surface area contributed by atoms with Gasteiger partial charge in [0.2, 0.25) is 0 Å². The zero-order valence-corrected chi connectivity index (χ0v) is 10.2. The number of nitrogens with one attached hydrogen (secondary N) is 1. The molecule has 1 saturated carbocycles. The number of hydrogen-bond acceptors (Lipinski definition) is 1. The smallest absolute Gasteiger partial charge is 0.252 e. The largest absolute Gasteiger partial charge is 0.349 e. The maximum absolute atomic E-state index is 12.0. The number of rotatable bonds is 4. The zero-order chi connectivity index (χ0) is 12.3. The highest BCUT2D eigenvalue weighted by atomic mass is 35.5. The van der Waals surface area contributed by atoms with Crippen LogP contribution in [0.4, 0.5) is 0 Å². The van der Waals surface area contributed by atoms with Crippen LogP contribution in [0.25, 0.3) is 5.57 Å². The Hall–Kier alpha value is -1.54. The first-order valence-electron chi connectivity index (χ1n) is 5.60. The van der Waals surface area contributed by atoms with Gasteiger partial charge in [0.15, 0.2) is 0 Å². The van der Waals surface area contributed by atoms with Crippen molar-refractivity contribution in [3.05, 3.63) is 53.6 Å². The second-order valence-electron chi connectivity index (χ2n) is 4.07. The van der Waals surface area contributed by atoms with Gasteiger partial charge in [-0.1, -0.05) is 36.4 Å². The summed E-state index contributed by atoms with van der Waals surface area (Å²) < 4.78 is 0. The fourth-order valence-corrected chi connectivity index (χ4v) is 1.67. The molecule has 1 amide bonds. The van der Waals surface area contributed by atoms with Crippen LogP contribution in [0.2, 0.25) is 5.02 Å². The van der Waals surface area contributed by atoms with Crippen molar-refractivity contribution < 1.29 is 4.79 Å². The third-order valence-corrected chi connectivity index (χ3v) is 2.85. The van der Waals surface area contributed by atoms with Crippen molar-refractivity contribution >= 4 is 23.1 Å². The molecule has 0 saturated heterocycles. The summed E-state index contributed by atoms with van der Waals surface area (Å²) in [7, 11) is 0. The minimum Gasteiger partial charge on any atom is -0.349 e. The Morgan fingerprint density at radius 2 is 2.00 bits per heavy atom. The van der Waals surface area contributed by atoms with Crippen LogP contribution >= 0.6 is 11.6 Å². The monoisotopic (exact) mass is 247 g/mol. The highest BCUT2D eigenvalue weighted by Crippen LogP contribution is 2.22. The standard InChI is InChI=1S/C14H14ClNO/c1-2-3-13(14(17)16-12-8-9-12)10-4-6-11(15)7-5-10/h2-7,12H,1,8-9H2,(H,16,17)/b13-3+. The normalized spacial score (nSPS) is 15.5. The Morgan fingerprint density at radius 3 is 2.53 bits per heavy atom. The maximum Gasteiger partial charge on any atom is 0.252 e. The van der Waals surface area contributed by atoms with Gasteiger partial charge in [0.1, 0.15) is 0 Å². The summed E-state index contributed by atoms with van der Waals surface area (Å²) in [5, 5.41) is 3.63. The van der Waals surface area contributed by atoms with Crippen molar-refractivity contribution in [1.29, 1.82) is 0 Å². The van der Waals surface area contributed by atoms with E-state index in [1.807, 2.05) is 12.1 Å². The lowest BCUT2D eigenvalue weighted by molar-refractivity contribution is -0.115. The minimum absolute atomic E-state index is 0.0466. The van der Waals surface area contributed by atoms with E-state index in [0.717, 1.165) is 18.4 Å². The van der Waals surface area contributed by atoms with Crippen LogP contribution < -0.4 is 5.32 Å². The first-order chi connectivity index (χ1) is 8.20. The topological polar surface area (TPSA) is 29.1 Å². The molecule has 2 nitrogen and oxygen atoms in total. The molecule has 0 bridgehead atoms. The van der Waals surface area contributed by atoms with Gasteiger partial charge in [-0.15, -0.1) is 0 Å². The molecule has 0 atom stereocenters. The molecule has 0 aliphatic heterocycles. The van der Waals surface area contributed by atoms with Gasteiger partial charge >= 0.3 is 0 Å². The van der Waals surface area contributed by atoms with E-state index in [-0.39, 0.29) is 5.91 Å². The van der Waals surface area contributed by atoms with Gasteiger partial charge in [0, 0.05) is 16.6 Å². The van der Waals surface area contributed by atoms with E-state index in [0.29, 0.717) is 16.6 Å². The van der Waals surface area contributed by atoms with Crippen molar-refractivity contribution in [3.8, 4) is 0 Å². The first kappa shape index (κ1) is 11.9. The molecule has 1 fully saturated rings. The summed E-state index contributed by atoms with van der Waals surface area (Å²) in [5.41, 5.74) is 1.48. The van der Waals surface area contributed by atoms with E-state index in [2.05, 4.69) is 11.9 Å². The Kier molecular flexibility index (Phi) is 3.64. The number of allylic oxidation sites excluding steroid dienone is 2. The summed E-state index contributed by atoms with van der Waals surface area (Å²) >= 11 is 5.83. The molecular formula is C14H14ClNO. The average Bonchev–Trinajstić information content (AvgIpc) is 3.11. The Balaban J connectivity index is 2.21. The number of carbonyl (C=O) groups excluding carboxylic acids is 1. The van der Waals surface area contributed by atoms with Crippen LogP contribution in [0, 0.1) is 0 Å². The van der Waals surface area contributed by atoms with Crippen LogP contribution in [-0.4, -0.2) is 11.9 Å². The summed E-state index contributed by atoms with van der Waals surface area (Å²) in [6, 6.07) is 7.58. The van der Waals surface area contributed by atoms with Crippen molar-refractivity contribution in [2.75, 3.05) is 0 Å². The fourth-order valence-electron chi connectivity index (χ4n) is 1.54. The summed E-state index contributed by atoms with van der Waals surface area (Å²) in [6.07, 6.45) is 5.50. The average molecular weight is 248 g/mol. The van der Waals surface area contributed by atoms with E-state index < -0.39 is 0 Å². The van der Waals surface area contributed by atoms with Crippen molar-refractivity contribution in [2.45, 2.75) is 18.9 Å². The molecule has 0 radical (unpaired) electrons. The molecule has 0 spiro atoms. The number of benzene rings is 1. The summed E-state index contributed by atoms with van der Waals surface area (Å²) in [6.45, 7) is 3.64. The van der Waals surface area contributed by atoms with E-state index in [9.17, 15) is 4.79 Å². The van der Waals surface area contributed by atoms with Gasteiger partial charge in [-0.05, 0) is 36.6 Å². The third-order valence-electron chi connectivity index (χ3n) is 2.60. The van der Waals surface area contributed by atoms with Gasteiger partial charge in [-0.25, -0.2) is 0 Å². The number of amides is 1. The highest BCUT2D eigenvalue weighted by Gasteiger charge is 2.24. The molecule has 17 heavy (non-hydrogen) atoms. The second kappa shape index (κ2) is 5.19. The lowest BCUT2D eigenvalue weighted by Gasteiger charge is -2.08. The second-order valence-corrected chi connectivity index (χ2v) is 4.51. The van der Waals surface area contributed by atoms with Crippen LogP contribution in [0.15, 0.2) is 43.0 Å². The Labute approximate surface area is 106 Å². The van der Waals surface area contributed by atoms with E-state index in [1.165, 1.54) is 0 Å². The number of halogens is 1. The number of hydrogen-bond donors (Lipinski definition) is 1. The zero-order valence-electron chi connectivity index (χ0n) is 9.45. The fraction of sp³-hybridized carbons (Fsp3) is 0.214. The minimum atomic E-state index is -0.0466. The predicted molar refractivity (Wildman–Crippen MR) is 70.8 cm³/mol. The van der Waals surface area contributed by atoms with Gasteiger partial charge in [-0.3, -0.25) is 4.79 Å².